The summed E-state index contributed by atoms with van der Waals surface area (Å²) in [7, 11) is 1.22. The van der Waals surface area contributed by atoms with E-state index >= 15 is 0 Å². The molecule has 3 aromatic rings. The first kappa shape index (κ1) is 17.3. The lowest BCUT2D eigenvalue weighted by atomic mass is 10.2. The predicted octanol–water partition coefficient (Wildman–Crippen LogP) is 4.30. The van der Waals surface area contributed by atoms with Gasteiger partial charge in [0.15, 0.2) is 5.82 Å². The fourth-order valence-electron chi connectivity index (χ4n) is 2.52. The molecule has 1 aromatic heterocycles. The third-order valence-corrected chi connectivity index (χ3v) is 3.85. The minimum Gasteiger partial charge on any atom is -0.465 e. The van der Waals surface area contributed by atoms with Crippen LogP contribution < -0.4 is 0 Å². The number of imidazole rings is 1. The molecule has 0 aliphatic carbocycles. The second-order valence-electron chi connectivity index (χ2n) is 5.34. The van der Waals surface area contributed by atoms with Gasteiger partial charge in [0.2, 0.25) is 0 Å². The fraction of sp³-hybridized carbons (Fsp3) is 0.176. The van der Waals surface area contributed by atoms with Gasteiger partial charge in [0, 0.05) is 6.54 Å². The number of nitrogens with zero attached hydrogens (tertiary/aromatic N) is 2. The number of ether oxygens (including phenoxy) is 1. The summed E-state index contributed by atoms with van der Waals surface area (Å²) < 4.78 is 46.4. The maximum absolute atomic E-state index is 13.8. The van der Waals surface area contributed by atoms with Gasteiger partial charge < -0.3 is 9.30 Å². The van der Waals surface area contributed by atoms with Gasteiger partial charge in [-0.25, -0.2) is 14.2 Å². The van der Waals surface area contributed by atoms with E-state index in [1.54, 1.807) is 0 Å². The number of hydrogen-bond acceptors (Lipinski definition) is 3. The molecule has 25 heavy (non-hydrogen) atoms. The minimum absolute atomic E-state index is 0.0198. The predicted molar refractivity (Wildman–Crippen MR) is 86.3 cm³/mol. The first-order valence-corrected chi connectivity index (χ1v) is 7.57. The molecule has 0 saturated carbocycles. The molecule has 0 spiro atoms. The molecule has 0 fully saturated rings. The minimum atomic E-state index is -3.70. The van der Waals surface area contributed by atoms with E-state index in [4.69, 9.17) is 11.6 Å². The van der Waals surface area contributed by atoms with Crippen molar-refractivity contribution in [2.24, 2.45) is 0 Å². The van der Waals surface area contributed by atoms with Crippen LogP contribution in [0, 0.1) is 5.82 Å². The number of halogens is 4. The first-order valence-electron chi connectivity index (χ1n) is 7.20. The first-order chi connectivity index (χ1) is 11.8. The fourth-order valence-corrected chi connectivity index (χ4v) is 2.67. The summed E-state index contributed by atoms with van der Waals surface area (Å²) >= 11 is 5.19. The molecule has 0 unspecified atom stereocenters. The third kappa shape index (κ3) is 3.46. The molecular weight excluding hydrogens is 357 g/mol. The molecule has 0 aliphatic heterocycles. The van der Waals surface area contributed by atoms with Gasteiger partial charge in [0.05, 0.1) is 23.7 Å². The van der Waals surface area contributed by atoms with Crippen LogP contribution in [0.2, 0.25) is 0 Å². The Morgan fingerprint density at radius 2 is 1.92 bits per heavy atom. The molecule has 0 atom stereocenters. The molecule has 0 aliphatic rings. The number of esters is 1. The van der Waals surface area contributed by atoms with E-state index in [-0.39, 0.29) is 17.6 Å². The van der Waals surface area contributed by atoms with Crippen molar-refractivity contribution in [1.29, 1.82) is 0 Å². The Morgan fingerprint density at radius 3 is 2.52 bits per heavy atom. The van der Waals surface area contributed by atoms with Gasteiger partial charge in [-0.3, -0.25) is 0 Å². The van der Waals surface area contributed by atoms with Crippen LogP contribution in [0.1, 0.15) is 21.7 Å². The van der Waals surface area contributed by atoms with Crippen LogP contribution >= 0.6 is 11.6 Å². The van der Waals surface area contributed by atoms with E-state index in [0.29, 0.717) is 11.1 Å². The molecule has 1 heterocycles. The van der Waals surface area contributed by atoms with Crippen LogP contribution in [0.15, 0.2) is 42.5 Å². The summed E-state index contributed by atoms with van der Waals surface area (Å²) in [5.74, 6) is -1.69. The summed E-state index contributed by atoms with van der Waals surface area (Å²) in [4.78, 5) is 15.5. The molecule has 8 heteroatoms. The number of alkyl halides is 3. The van der Waals surface area contributed by atoms with Crippen molar-refractivity contribution in [3.63, 3.8) is 0 Å². The molecule has 3 rings (SSSR count). The van der Waals surface area contributed by atoms with Crippen LogP contribution in [0.3, 0.4) is 0 Å². The Labute approximate surface area is 145 Å². The topological polar surface area (TPSA) is 44.1 Å². The molecule has 0 saturated heterocycles. The second kappa shape index (κ2) is 6.40. The normalized spacial score (nSPS) is 11.7. The standard InChI is InChI=1S/C17H12ClF3N2O2/c1-25-15(24)11-4-7-14-13(8-11)22-16(17(18,20)21)23(14)9-10-2-5-12(19)6-3-10/h2-8H,9H2,1H3. The second-order valence-corrected chi connectivity index (χ2v) is 5.82. The van der Waals surface area contributed by atoms with E-state index in [9.17, 15) is 18.0 Å². The van der Waals surface area contributed by atoms with Crippen LogP contribution in [-0.4, -0.2) is 22.6 Å². The monoisotopic (exact) mass is 368 g/mol. The molecule has 0 bridgehead atoms. The highest BCUT2D eigenvalue weighted by molar-refractivity contribution is 6.21. The molecule has 4 nitrogen and oxygen atoms in total. The maximum atomic E-state index is 13.8. The van der Waals surface area contributed by atoms with Crippen molar-refractivity contribution in [3.8, 4) is 0 Å². The van der Waals surface area contributed by atoms with Crippen LogP contribution in [0.5, 0.6) is 0 Å². The van der Waals surface area contributed by atoms with Gasteiger partial charge in [-0.05, 0) is 47.5 Å². The number of hydrogen-bond donors (Lipinski definition) is 0. The van der Waals surface area contributed by atoms with Crippen molar-refractivity contribution in [1.82, 2.24) is 9.55 Å². The smallest absolute Gasteiger partial charge is 0.380 e. The molecule has 0 N–H and O–H groups in total. The summed E-state index contributed by atoms with van der Waals surface area (Å²) in [6.45, 7) is 0.0198. The van der Waals surface area contributed by atoms with Crippen LogP contribution in [0.25, 0.3) is 11.0 Å². The van der Waals surface area contributed by atoms with Crippen molar-refractivity contribution < 1.29 is 22.7 Å². The number of methoxy groups -OCH3 is 1. The third-order valence-electron chi connectivity index (χ3n) is 3.68. The zero-order valence-corrected chi connectivity index (χ0v) is 13.7. The van der Waals surface area contributed by atoms with E-state index in [0.717, 1.165) is 0 Å². The van der Waals surface area contributed by atoms with Gasteiger partial charge in [-0.1, -0.05) is 12.1 Å². The van der Waals surface area contributed by atoms with Crippen molar-refractivity contribution in [3.05, 3.63) is 65.2 Å². The Balaban J connectivity index is 2.13. The zero-order valence-electron chi connectivity index (χ0n) is 13.0. The Bertz CT molecular complexity index is 933. The van der Waals surface area contributed by atoms with Gasteiger partial charge in [-0.15, -0.1) is 0 Å². The highest BCUT2D eigenvalue weighted by atomic mass is 35.5. The number of carbonyl (C=O) groups excluding carboxylic acids is 1. The lowest BCUT2D eigenvalue weighted by molar-refractivity contribution is 0.0600. The Kier molecular flexibility index (Phi) is 4.43. The highest BCUT2D eigenvalue weighted by Gasteiger charge is 2.35. The highest BCUT2D eigenvalue weighted by Crippen LogP contribution is 2.34. The van der Waals surface area contributed by atoms with Crippen molar-refractivity contribution >= 4 is 28.6 Å². The number of fused-ring (bicyclic) bond motifs is 1. The Morgan fingerprint density at radius 1 is 1.24 bits per heavy atom. The van der Waals surface area contributed by atoms with E-state index in [1.807, 2.05) is 0 Å². The number of aromatic nitrogens is 2. The summed E-state index contributed by atoms with van der Waals surface area (Å²) in [5, 5.41) is -3.70. The zero-order chi connectivity index (χ0) is 18.2. The van der Waals surface area contributed by atoms with Crippen molar-refractivity contribution in [2.75, 3.05) is 7.11 Å². The average molecular weight is 369 g/mol. The van der Waals surface area contributed by atoms with E-state index in [2.05, 4.69) is 9.72 Å². The Hall–Kier alpha value is -2.54. The molecule has 130 valence electrons. The summed E-state index contributed by atoms with van der Waals surface area (Å²) in [5.41, 5.74) is 1.33. The van der Waals surface area contributed by atoms with Crippen molar-refractivity contribution in [2.45, 2.75) is 11.9 Å². The van der Waals surface area contributed by atoms with Gasteiger partial charge in [0.1, 0.15) is 5.82 Å². The lowest BCUT2D eigenvalue weighted by Crippen LogP contribution is -2.14. The number of benzene rings is 2. The average Bonchev–Trinajstić information content (AvgIpc) is 2.94. The van der Waals surface area contributed by atoms with E-state index < -0.39 is 23.0 Å². The van der Waals surface area contributed by atoms with Crippen LogP contribution in [-0.2, 0) is 16.7 Å². The largest absolute Gasteiger partial charge is 0.465 e. The van der Waals surface area contributed by atoms with Crippen LogP contribution in [0.4, 0.5) is 13.2 Å². The SMILES string of the molecule is COC(=O)c1ccc2c(c1)nc(C(F)(F)Cl)n2Cc1ccc(F)cc1. The maximum Gasteiger partial charge on any atom is 0.380 e. The summed E-state index contributed by atoms with van der Waals surface area (Å²) in [6.07, 6.45) is 0. The number of rotatable bonds is 4. The molecule has 2 aromatic carbocycles. The van der Waals surface area contributed by atoms with Gasteiger partial charge >= 0.3 is 11.4 Å². The van der Waals surface area contributed by atoms with E-state index in [1.165, 1.54) is 54.1 Å². The van der Waals surface area contributed by atoms with Gasteiger partial charge in [-0.2, -0.15) is 8.78 Å². The van der Waals surface area contributed by atoms with Gasteiger partial charge in [0.25, 0.3) is 0 Å². The molecule has 0 radical (unpaired) electrons. The summed E-state index contributed by atoms with van der Waals surface area (Å²) in [6, 6.07) is 9.75. The lowest BCUT2D eigenvalue weighted by Gasteiger charge is -2.12. The number of carbonyl (C=O) groups is 1. The quantitative estimate of drug-likeness (QED) is 0.509. The molecular formula is C17H12ClF3N2O2. The molecule has 0 amide bonds.